The molecule has 0 atom stereocenters. The lowest BCUT2D eigenvalue weighted by molar-refractivity contribution is -0.111. The molecule has 0 saturated heterocycles. The summed E-state index contributed by atoms with van der Waals surface area (Å²) >= 11 is 1.40. The Labute approximate surface area is 165 Å². The number of hydrogen-bond donors (Lipinski definition) is 1. The first-order chi connectivity index (χ1) is 13.7. The molecule has 0 aliphatic rings. The first kappa shape index (κ1) is 18.0. The molecule has 138 valence electrons. The van der Waals surface area contributed by atoms with Crippen LogP contribution in [0.1, 0.15) is 16.0 Å². The van der Waals surface area contributed by atoms with Crippen LogP contribution in [0.15, 0.2) is 73.1 Å². The van der Waals surface area contributed by atoms with Crippen LogP contribution in [-0.4, -0.2) is 15.9 Å². The van der Waals surface area contributed by atoms with E-state index in [0.29, 0.717) is 11.6 Å². The average Bonchev–Trinajstić information content (AvgIpc) is 3.15. The van der Waals surface area contributed by atoms with Crippen LogP contribution in [0, 0.1) is 5.82 Å². The monoisotopic (exact) mass is 389 g/mol. The summed E-state index contributed by atoms with van der Waals surface area (Å²) in [6.45, 7) is 0. The van der Waals surface area contributed by atoms with E-state index in [-0.39, 0.29) is 11.7 Å². The van der Waals surface area contributed by atoms with E-state index in [4.69, 9.17) is 0 Å². The number of halogens is 1. The van der Waals surface area contributed by atoms with Gasteiger partial charge in [-0.25, -0.2) is 9.37 Å². The van der Waals surface area contributed by atoms with Crippen molar-refractivity contribution < 1.29 is 9.18 Å². The second-order valence-corrected chi connectivity index (χ2v) is 7.30. The lowest BCUT2D eigenvalue weighted by Gasteiger charge is -2.01. The third kappa shape index (κ3) is 4.29. The summed E-state index contributed by atoms with van der Waals surface area (Å²) in [6.07, 6.45) is 7.33. The van der Waals surface area contributed by atoms with Gasteiger partial charge in [-0.1, -0.05) is 36.4 Å². The Morgan fingerprint density at radius 3 is 2.75 bits per heavy atom. The minimum absolute atomic E-state index is 0.254. The maximum Gasteiger partial charge on any atom is 0.250 e. The molecule has 0 aliphatic heterocycles. The third-order valence-electron chi connectivity index (χ3n) is 4.15. The van der Waals surface area contributed by atoms with Crippen LogP contribution in [0.3, 0.4) is 0 Å². The number of para-hydroxylation sites is 1. The molecule has 2 aromatic heterocycles. The number of thiazole rings is 1. The smallest absolute Gasteiger partial charge is 0.250 e. The standard InChI is InChI=1S/C22H16FN3OS/c23-18-9-6-15(7-10-18)13-19-14-25-22(28-19)26-20(27)11-8-17-4-1-3-16-5-2-12-24-21(16)17/h1-12,14H,13H2,(H,25,26,27)/b11-8+. The summed E-state index contributed by atoms with van der Waals surface area (Å²) in [5.41, 5.74) is 2.72. The van der Waals surface area contributed by atoms with Crippen molar-refractivity contribution in [1.29, 1.82) is 0 Å². The second-order valence-electron chi connectivity index (χ2n) is 6.18. The van der Waals surface area contributed by atoms with Gasteiger partial charge in [-0.2, -0.15) is 0 Å². The molecule has 0 fully saturated rings. The second kappa shape index (κ2) is 8.10. The van der Waals surface area contributed by atoms with Crippen molar-refractivity contribution in [2.75, 3.05) is 5.32 Å². The average molecular weight is 389 g/mol. The normalized spacial score (nSPS) is 11.2. The molecule has 1 N–H and O–H groups in total. The minimum atomic E-state index is -0.255. The highest BCUT2D eigenvalue weighted by molar-refractivity contribution is 7.15. The molecule has 0 unspecified atom stereocenters. The number of hydrogen-bond acceptors (Lipinski definition) is 4. The largest absolute Gasteiger partial charge is 0.298 e. The molecule has 6 heteroatoms. The molecule has 0 radical (unpaired) electrons. The van der Waals surface area contributed by atoms with Crippen molar-refractivity contribution in [3.63, 3.8) is 0 Å². The molecule has 28 heavy (non-hydrogen) atoms. The van der Waals surface area contributed by atoms with E-state index >= 15 is 0 Å². The lowest BCUT2D eigenvalue weighted by Crippen LogP contribution is -2.07. The Balaban J connectivity index is 1.42. The highest BCUT2D eigenvalue weighted by Crippen LogP contribution is 2.22. The van der Waals surface area contributed by atoms with E-state index in [0.717, 1.165) is 26.9 Å². The lowest BCUT2D eigenvalue weighted by atomic mass is 10.1. The zero-order valence-electron chi connectivity index (χ0n) is 14.8. The molecule has 2 aromatic carbocycles. The molecule has 0 saturated carbocycles. The highest BCUT2D eigenvalue weighted by atomic mass is 32.1. The van der Waals surface area contributed by atoms with Gasteiger partial charge in [-0.05, 0) is 29.8 Å². The minimum Gasteiger partial charge on any atom is -0.298 e. The van der Waals surface area contributed by atoms with Crippen molar-refractivity contribution in [3.05, 3.63) is 94.9 Å². The van der Waals surface area contributed by atoms with Crippen molar-refractivity contribution in [1.82, 2.24) is 9.97 Å². The van der Waals surface area contributed by atoms with E-state index in [1.54, 1.807) is 30.6 Å². The number of carbonyl (C=O) groups is 1. The number of aromatic nitrogens is 2. The number of rotatable bonds is 5. The molecule has 0 bridgehead atoms. The Morgan fingerprint density at radius 1 is 1.07 bits per heavy atom. The van der Waals surface area contributed by atoms with E-state index in [1.807, 2.05) is 30.3 Å². The van der Waals surface area contributed by atoms with Crippen LogP contribution in [0.4, 0.5) is 9.52 Å². The molecule has 4 rings (SSSR count). The van der Waals surface area contributed by atoms with Crippen LogP contribution in [-0.2, 0) is 11.2 Å². The van der Waals surface area contributed by atoms with Crippen LogP contribution in [0.25, 0.3) is 17.0 Å². The van der Waals surface area contributed by atoms with Crippen LogP contribution >= 0.6 is 11.3 Å². The fourth-order valence-electron chi connectivity index (χ4n) is 2.83. The highest BCUT2D eigenvalue weighted by Gasteiger charge is 2.06. The van der Waals surface area contributed by atoms with Gasteiger partial charge < -0.3 is 0 Å². The van der Waals surface area contributed by atoms with Gasteiger partial charge in [0.15, 0.2) is 5.13 Å². The van der Waals surface area contributed by atoms with Gasteiger partial charge in [-0.15, -0.1) is 11.3 Å². The summed E-state index contributed by atoms with van der Waals surface area (Å²) in [5.74, 6) is -0.509. The molecule has 0 spiro atoms. The maximum absolute atomic E-state index is 13.0. The van der Waals surface area contributed by atoms with Crippen molar-refractivity contribution in [3.8, 4) is 0 Å². The van der Waals surface area contributed by atoms with Crippen molar-refractivity contribution >= 4 is 39.4 Å². The summed E-state index contributed by atoms with van der Waals surface area (Å²) in [5, 5.41) is 4.33. The Kier molecular flexibility index (Phi) is 5.21. The van der Waals surface area contributed by atoms with Gasteiger partial charge in [0.05, 0.1) is 5.52 Å². The molecular formula is C22H16FN3OS. The van der Waals surface area contributed by atoms with E-state index in [1.165, 1.54) is 29.5 Å². The SMILES string of the molecule is O=C(/C=C/c1cccc2cccnc12)Nc1ncc(Cc2ccc(F)cc2)s1. The quantitative estimate of drug-likeness (QED) is 0.485. The van der Waals surface area contributed by atoms with Crippen LogP contribution < -0.4 is 5.32 Å². The zero-order valence-corrected chi connectivity index (χ0v) is 15.6. The Hall–Kier alpha value is -3.38. The maximum atomic E-state index is 13.0. The molecule has 4 nitrogen and oxygen atoms in total. The fourth-order valence-corrected chi connectivity index (χ4v) is 3.67. The molecule has 2 heterocycles. The molecule has 0 aliphatic carbocycles. The van der Waals surface area contributed by atoms with Gasteiger partial charge in [-0.3, -0.25) is 15.1 Å². The first-order valence-corrected chi connectivity index (χ1v) is 9.51. The third-order valence-corrected chi connectivity index (χ3v) is 5.07. The van der Waals surface area contributed by atoms with Gasteiger partial charge in [0.25, 0.3) is 0 Å². The van der Waals surface area contributed by atoms with Crippen LogP contribution in [0.5, 0.6) is 0 Å². The number of nitrogens with one attached hydrogen (secondary N) is 1. The van der Waals surface area contributed by atoms with E-state index < -0.39 is 0 Å². The van der Waals surface area contributed by atoms with Crippen LogP contribution in [0.2, 0.25) is 0 Å². The number of nitrogens with zero attached hydrogens (tertiary/aromatic N) is 2. The predicted molar refractivity (Wildman–Crippen MR) is 111 cm³/mol. The molecular weight excluding hydrogens is 373 g/mol. The number of benzene rings is 2. The zero-order chi connectivity index (χ0) is 19.3. The van der Waals surface area contributed by atoms with E-state index in [9.17, 15) is 9.18 Å². The number of amides is 1. The summed E-state index contributed by atoms with van der Waals surface area (Å²) < 4.78 is 13.0. The predicted octanol–water partition coefficient (Wildman–Crippen LogP) is 5.07. The van der Waals surface area contributed by atoms with Gasteiger partial charge in [0.1, 0.15) is 5.82 Å². The number of fused-ring (bicyclic) bond motifs is 1. The van der Waals surface area contributed by atoms with Gasteiger partial charge in [0, 0.05) is 40.7 Å². The van der Waals surface area contributed by atoms with Gasteiger partial charge >= 0.3 is 0 Å². The molecule has 4 aromatic rings. The summed E-state index contributed by atoms with van der Waals surface area (Å²) in [6, 6.07) is 16.1. The van der Waals surface area contributed by atoms with Crippen molar-refractivity contribution in [2.45, 2.75) is 6.42 Å². The Morgan fingerprint density at radius 2 is 1.89 bits per heavy atom. The van der Waals surface area contributed by atoms with E-state index in [2.05, 4.69) is 15.3 Å². The topological polar surface area (TPSA) is 54.9 Å². The molecule has 1 amide bonds. The fraction of sp³-hybridized carbons (Fsp3) is 0.0455. The number of anilines is 1. The summed E-state index contributed by atoms with van der Waals surface area (Å²) in [4.78, 5) is 21.8. The first-order valence-electron chi connectivity index (χ1n) is 8.69. The Bertz CT molecular complexity index is 1150. The van der Waals surface area contributed by atoms with Gasteiger partial charge in [0.2, 0.25) is 5.91 Å². The summed E-state index contributed by atoms with van der Waals surface area (Å²) in [7, 11) is 0. The number of pyridine rings is 1. The van der Waals surface area contributed by atoms with Crippen molar-refractivity contribution in [2.24, 2.45) is 0 Å². The number of carbonyl (C=O) groups excluding carboxylic acids is 1.